The fraction of sp³-hybridized carbons (Fsp3) is 0.292. The summed E-state index contributed by atoms with van der Waals surface area (Å²) >= 11 is 0. The standard InChI is InChI=1S/C30H35N3O2.C18H12N2O4/c1-4-5-17-30(32(2)3)18-14-21(15-19-30)27-23(22-10-8-9-13-26(22)31-27)16-20-33-28(34)24-11-6-7-12-25(24)29(33)35;21-15-11-5-1-3-9(13(11)17(23)19-15)7-8-10-4-2-6-12-14(10)18(24)20-16(12)22/h6-14,31H,4-5,15-20H2,1-3H3;1-6H,7-8H2,(H,19,21,23)(H,20,22,24). The number of fused-ring (bicyclic) bond motifs is 4. The molecule has 6 amide bonds. The highest BCUT2D eigenvalue weighted by atomic mass is 16.2. The number of nitrogens with one attached hydrogen (secondary N) is 3. The summed E-state index contributed by atoms with van der Waals surface area (Å²) in [6, 6.07) is 25.8. The average molecular weight is 790 g/mol. The number of imide groups is 3. The van der Waals surface area contributed by atoms with Gasteiger partial charge in [-0.15, -0.1) is 0 Å². The van der Waals surface area contributed by atoms with E-state index in [1.807, 2.05) is 18.2 Å². The Morgan fingerprint density at radius 3 is 1.76 bits per heavy atom. The highest BCUT2D eigenvalue weighted by molar-refractivity contribution is 6.23. The number of allylic oxidation sites excluding steroid dienone is 1. The number of para-hydroxylation sites is 1. The zero-order chi connectivity index (χ0) is 41.4. The van der Waals surface area contributed by atoms with Crippen molar-refractivity contribution in [2.45, 2.75) is 70.3 Å². The summed E-state index contributed by atoms with van der Waals surface area (Å²) in [5, 5.41) is 5.75. The van der Waals surface area contributed by atoms with E-state index in [1.165, 1.54) is 46.4 Å². The number of H-pyrrole nitrogens is 1. The second kappa shape index (κ2) is 16.1. The van der Waals surface area contributed by atoms with Crippen LogP contribution in [-0.4, -0.2) is 76.4 Å². The molecule has 0 saturated heterocycles. The molecule has 11 nitrogen and oxygen atoms in total. The van der Waals surface area contributed by atoms with Crippen LogP contribution in [0.1, 0.15) is 130 Å². The summed E-state index contributed by atoms with van der Waals surface area (Å²) in [5.41, 5.74) is 9.14. The van der Waals surface area contributed by atoms with Gasteiger partial charge in [0.25, 0.3) is 35.4 Å². The number of hydrogen-bond acceptors (Lipinski definition) is 7. The number of unbranched alkanes of at least 4 members (excludes halogenated alkanes) is 1. The van der Waals surface area contributed by atoms with Crippen LogP contribution in [0.4, 0.5) is 0 Å². The molecular formula is C48H47N5O6. The van der Waals surface area contributed by atoms with Gasteiger partial charge in [-0.25, -0.2) is 0 Å². The number of amides is 6. The quantitative estimate of drug-likeness (QED) is 0.119. The third kappa shape index (κ3) is 7.20. The topological polar surface area (TPSA) is 149 Å². The van der Waals surface area contributed by atoms with Crippen LogP contribution in [0, 0.1) is 0 Å². The molecular weight excluding hydrogens is 743 g/mol. The van der Waals surface area contributed by atoms with Crippen LogP contribution in [-0.2, 0) is 19.3 Å². The first-order valence-electron chi connectivity index (χ1n) is 20.4. The lowest BCUT2D eigenvalue weighted by atomic mass is 9.77. The molecule has 0 bridgehead atoms. The Morgan fingerprint density at radius 1 is 0.661 bits per heavy atom. The van der Waals surface area contributed by atoms with Gasteiger partial charge >= 0.3 is 0 Å². The van der Waals surface area contributed by atoms with Crippen LogP contribution in [0.5, 0.6) is 0 Å². The molecule has 59 heavy (non-hydrogen) atoms. The lowest BCUT2D eigenvalue weighted by Gasteiger charge is -2.42. The maximum atomic E-state index is 12.9. The molecule has 3 aliphatic heterocycles. The lowest BCUT2D eigenvalue weighted by Crippen LogP contribution is -2.45. The Morgan fingerprint density at radius 2 is 1.22 bits per heavy atom. The zero-order valence-corrected chi connectivity index (χ0v) is 33.6. The molecule has 0 radical (unpaired) electrons. The van der Waals surface area contributed by atoms with Crippen molar-refractivity contribution in [1.82, 2.24) is 25.4 Å². The van der Waals surface area contributed by atoms with Gasteiger partial charge < -0.3 is 9.88 Å². The van der Waals surface area contributed by atoms with Crippen LogP contribution in [0.2, 0.25) is 0 Å². The number of carbonyl (C=O) groups excluding carboxylic acids is 6. The van der Waals surface area contributed by atoms with Crippen molar-refractivity contribution in [2.24, 2.45) is 0 Å². The summed E-state index contributed by atoms with van der Waals surface area (Å²) in [5.74, 6) is -1.93. The summed E-state index contributed by atoms with van der Waals surface area (Å²) in [4.78, 5) is 80.7. The van der Waals surface area contributed by atoms with Gasteiger partial charge in [-0.2, -0.15) is 0 Å². The second-order valence-corrected chi connectivity index (χ2v) is 16.0. The van der Waals surface area contributed by atoms with Crippen LogP contribution in [0.25, 0.3) is 16.5 Å². The van der Waals surface area contributed by atoms with Crippen LogP contribution in [0.15, 0.2) is 91.0 Å². The Kier molecular flexibility index (Phi) is 10.7. The Bertz CT molecular complexity index is 2490. The highest BCUT2D eigenvalue weighted by Gasteiger charge is 2.37. The molecule has 4 aliphatic rings. The molecule has 1 aromatic heterocycles. The Labute approximate surface area is 342 Å². The molecule has 1 aliphatic carbocycles. The van der Waals surface area contributed by atoms with Gasteiger partial charge in [-0.1, -0.05) is 80.4 Å². The Hall–Kier alpha value is -6.46. The zero-order valence-electron chi connectivity index (χ0n) is 33.6. The minimum atomic E-state index is -0.392. The fourth-order valence-electron chi connectivity index (χ4n) is 9.14. The first kappa shape index (κ1) is 39.4. The fourth-order valence-corrected chi connectivity index (χ4v) is 9.14. The average Bonchev–Trinajstić information content (AvgIpc) is 3.94. The number of benzene rings is 4. The minimum Gasteiger partial charge on any atom is -0.355 e. The molecule has 0 saturated carbocycles. The molecule has 3 N–H and O–H groups in total. The highest BCUT2D eigenvalue weighted by Crippen LogP contribution is 2.41. The van der Waals surface area contributed by atoms with E-state index in [4.69, 9.17) is 0 Å². The Balaban J connectivity index is 0.000000176. The summed E-state index contributed by atoms with van der Waals surface area (Å²) in [6.45, 7) is 2.64. The van der Waals surface area contributed by atoms with Gasteiger partial charge in [0.15, 0.2) is 0 Å². The molecule has 1 atom stereocenters. The number of aromatic amines is 1. The maximum absolute atomic E-state index is 12.9. The van der Waals surface area contributed by atoms with Gasteiger partial charge in [0, 0.05) is 28.7 Å². The van der Waals surface area contributed by atoms with E-state index in [0.717, 1.165) is 35.9 Å². The molecule has 1 unspecified atom stereocenters. The van der Waals surface area contributed by atoms with Crippen molar-refractivity contribution in [1.29, 1.82) is 0 Å². The molecule has 4 heterocycles. The van der Waals surface area contributed by atoms with E-state index in [0.29, 0.717) is 59.2 Å². The number of rotatable bonds is 11. The molecule has 11 heteroatoms. The molecule has 4 aromatic carbocycles. The molecule has 9 rings (SSSR count). The largest absolute Gasteiger partial charge is 0.355 e. The van der Waals surface area contributed by atoms with E-state index in [9.17, 15) is 28.8 Å². The molecule has 300 valence electrons. The number of nitrogens with zero attached hydrogens (tertiary/aromatic N) is 2. The van der Waals surface area contributed by atoms with Crippen LogP contribution < -0.4 is 10.6 Å². The van der Waals surface area contributed by atoms with Crippen molar-refractivity contribution in [3.63, 3.8) is 0 Å². The van der Waals surface area contributed by atoms with Gasteiger partial charge in [0.2, 0.25) is 0 Å². The van der Waals surface area contributed by atoms with E-state index >= 15 is 0 Å². The first-order chi connectivity index (χ1) is 28.5. The first-order valence-corrected chi connectivity index (χ1v) is 20.4. The summed E-state index contributed by atoms with van der Waals surface area (Å²) in [7, 11) is 4.43. The molecule has 0 spiro atoms. The van der Waals surface area contributed by atoms with Crippen molar-refractivity contribution >= 4 is 51.9 Å². The monoisotopic (exact) mass is 789 g/mol. The lowest BCUT2D eigenvalue weighted by molar-refractivity contribution is 0.0654. The summed E-state index contributed by atoms with van der Waals surface area (Å²) < 4.78 is 0. The SMILES string of the molecule is CCCCC1(N(C)C)CC=C(c2[nH]c3ccccc3c2CCN2C(=O)c3ccccc3C2=O)CC1.O=C1NC(=O)c2c(CCc3cccc4c3C(=O)NC4=O)cccc21. The van der Waals surface area contributed by atoms with E-state index in [-0.39, 0.29) is 29.2 Å². The van der Waals surface area contributed by atoms with E-state index in [2.05, 4.69) is 65.8 Å². The van der Waals surface area contributed by atoms with E-state index < -0.39 is 11.8 Å². The van der Waals surface area contributed by atoms with Gasteiger partial charge in [-0.3, -0.25) is 44.3 Å². The van der Waals surface area contributed by atoms with Gasteiger partial charge in [-0.05, 0) is 112 Å². The maximum Gasteiger partial charge on any atom is 0.261 e. The van der Waals surface area contributed by atoms with Crippen molar-refractivity contribution < 1.29 is 28.8 Å². The van der Waals surface area contributed by atoms with Crippen LogP contribution >= 0.6 is 0 Å². The van der Waals surface area contributed by atoms with Gasteiger partial charge in [0.1, 0.15) is 0 Å². The van der Waals surface area contributed by atoms with Gasteiger partial charge in [0.05, 0.1) is 33.4 Å². The molecule has 0 fully saturated rings. The van der Waals surface area contributed by atoms with Crippen molar-refractivity contribution in [3.05, 3.63) is 147 Å². The third-order valence-electron chi connectivity index (χ3n) is 12.5. The number of hydrogen-bond donors (Lipinski definition) is 3. The minimum absolute atomic E-state index is 0.185. The number of carbonyl (C=O) groups is 6. The number of aryl methyl sites for hydroxylation is 2. The second-order valence-electron chi connectivity index (χ2n) is 16.0. The predicted molar refractivity (Wildman–Crippen MR) is 225 cm³/mol. The molecule has 5 aromatic rings. The third-order valence-corrected chi connectivity index (χ3v) is 12.5. The van der Waals surface area contributed by atoms with Crippen LogP contribution in [0.3, 0.4) is 0 Å². The number of aromatic nitrogens is 1. The van der Waals surface area contributed by atoms with Crippen molar-refractivity contribution in [3.8, 4) is 0 Å². The van der Waals surface area contributed by atoms with Crippen molar-refractivity contribution in [2.75, 3.05) is 20.6 Å². The van der Waals surface area contributed by atoms with E-state index in [1.54, 1.807) is 48.5 Å². The summed E-state index contributed by atoms with van der Waals surface area (Å²) in [6.07, 6.45) is 10.9. The smallest absolute Gasteiger partial charge is 0.261 e. The normalized spacial score (nSPS) is 18.1. The predicted octanol–water partition coefficient (Wildman–Crippen LogP) is 7.30.